The molecule has 41 heavy (non-hydrogen) atoms. The topological polar surface area (TPSA) is 150 Å². The molecule has 2 atom stereocenters. The van der Waals surface area contributed by atoms with Gasteiger partial charge in [-0.2, -0.15) is 0 Å². The van der Waals surface area contributed by atoms with E-state index in [2.05, 4.69) is 0 Å². The lowest BCUT2D eigenvalue weighted by molar-refractivity contribution is -0.158. The Bertz CT molecular complexity index is 963. The minimum atomic E-state index is -1.05. The van der Waals surface area contributed by atoms with Gasteiger partial charge in [-0.25, -0.2) is 9.59 Å². The van der Waals surface area contributed by atoms with Crippen molar-refractivity contribution in [3.8, 4) is 11.5 Å². The van der Waals surface area contributed by atoms with Crippen molar-refractivity contribution in [1.29, 1.82) is 0 Å². The van der Waals surface area contributed by atoms with Crippen molar-refractivity contribution in [2.45, 2.75) is 98.6 Å². The molecule has 1 rings (SSSR count). The molecule has 0 aromatic heterocycles. The first-order valence-electron chi connectivity index (χ1n) is 14.3. The summed E-state index contributed by atoms with van der Waals surface area (Å²) in [6.45, 7) is 11.9. The van der Waals surface area contributed by atoms with Crippen LogP contribution >= 0.6 is 0 Å². The number of hydrogen-bond acceptors (Lipinski definition) is 11. The fourth-order valence-electron chi connectivity index (χ4n) is 3.32. The van der Waals surface area contributed by atoms with Gasteiger partial charge in [-0.15, -0.1) is 0 Å². The summed E-state index contributed by atoms with van der Waals surface area (Å²) in [4.78, 5) is 48.7. The third kappa shape index (κ3) is 16.5. The second kappa shape index (κ2) is 19.7. The van der Waals surface area contributed by atoms with Crippen LogP contribution < -0.4 is 15.2 Å². The zero-order valence-corrected chi connectivity index (χ0v) is 25.3. The van der Waals surface area contributed by atoms with Crippen LogP contribution in [0.3, 0.4) is 0 Å². The maximum atomic E-state index is 12.5. The molecule has 1 aromatic carbocycles. The van der Waals surface area contributed by atoms with E-state index in [9.17, 15) is 19.2 Å². The standard InChI is InChI=1S/C30H47NO10/c1-7-8-9-10-27(32)39-22(6)19-38-28(33)24(31)17-23-11-12-25(40-29(34)36-15-13-20(2)3)26(18-23)41-30(35)37-16-14-21(4)5/h11-12,18,20-22,24H,7-10,13-17,19,31H2,1-6H3/t22-,24-/m0/s1. The summed E-state index contributed by atoms with van der Waals surface area (Å²) in [7, 11) is 0. The Hall–Kier alpha value is -3.34. The number of esters is 2. The lowest BCUT2D eigenvalue weighted by Gasteiger charge is -2.17. The van der Waals surface area contributed by atoms with Gasteiger partial charge < -0.3 is 34.2 Å². The van der Waals surface area contributed by atoms with E-state index in [0.717, 1.165) is 19.3 Å². The van der Waals surface area contributed by atoms with E-state index >= 15 is 0 Å². The number of benzene rings is 1. The van der Waals surface area contributed by atoms with E-state index in [4.69, 9.17) is 34.2 Å². The predicted octanol–water partition coefficient (Wildman–Crippen LogP) is 5.73. The van der Waals surface area contributed by atoms with E-state index in [-0.39, 0.29) is 43.7 Å². The van der Waals surface area contributed by atoms with Gasteiger partial charge >= 0.3 is 24.2 Å². The van der Waals surface area contributed by atoms with Crippen molar-refractivity contribution in [3.05, 3.63) is 23.8 Å². The number of carbonyl (C=O) groups excluding carboxylic acids is 4. The first kappa shape index (κ1) is 35.7. The zero-order chi connectivity index (χ0) is 30.8. The quantitative estimate of drug-likeness (QED) is 0.0979. The van der Waals surface area contributed by atoms with Crippen LogP contribution in [0.15, 0.2) is 18.2 Å². The van der Waals surface area contributed by atoms with Crippen molar-refractivity contribution in [1.82, 2.24) is 0 Å². The number of hydrogen-bond donors (Lipinski definition) is 1. The lowest BCUT2D eigenvalue weighted by Crippen LogP contribution is -2.36. The average Bonchev–Trinajstić information content (AvgIpc) is 2.88. The van der Waals surface area contributed by atoms with Crippen LogP contribution in [-0.2, 0) is 35.0 Å². The fraction of sp³-hybridized carbons (Fsp3) is 0.667. The highest BCUT2D eigenvalue weighted by Crippen LogP contribution is 2.30. The second-order valence-electron chi connectivity index (χ2n) is 10.7. The van der Waals surface area contributed by atoms with Crippen molar-refractivity contribution in [2.24, 2.45) is 17.6 Å². The van der Waals surface area contributed by atoms with E-state index in [1.807, 2.05) is 34.6 Å². The molecule has 11 heteroatoms. The minimum absolute atomic E-state index is 0.0297. The number of ether oxygens (including phenoxy) is 6. The molecule has 2 N–H and O–H groups in total. The third-order valence-corrected chi connectivity index (χ3v) is 5.76. The molecule has 0 saturated heterocycles. The van der Waals surface area contributed by atoms with Crippen LogP contribution in [-0.4, -0.2) is 56.2 Å². The van der Waals surface area contributed by atoms with Gasteiger partial charge in [0, 0.05) is 6.42 Å². The Balaban J connectivity index is 2.80. The Kier molecular flexibility index (Phi) is 17.1. The Morgan fingerprint density at radius 2 is 1.39 bits per heavy atom. The largest absolute Gasteiger partial charge is 0.513 e. The zero-order valence-electron chi connectivity index (χ0n) is 25.3. The Morgan fingerprint density at radius 3 is 1.95 bits per heavy atom. The van der Waals surface area contributed by atoms with Crippen molar-refractivity contribution in [3.63, 3.8) is 0 Å². The van der Waals surface area contributed by atoms with Gasteiger partial charge in [0.2, 0.25) is 0 Å². The number of nitrogens with two attached hydrogens (primary N) is 1. The van der Waals surface area contributed by atoms with Gasteiger partial charge in [0.1, 0.15) is 18.8 Å². The molecule has 1 aromatic rings. The van der Waals surface area contributed by atoms with Gasteiger partial charge in [-0.1, -0.05) is 53.5 Å². The molecule has 0 saturated carbocycles. The lowest BCUT2D eigenvalue weighted by atomic mass is 10.1. The fourth-order valence-corrected chi connectivity index (χ4v) is 3.32. The maximum Gasteiger partial charge on any atom is 0.513 e. The first-order chi connectivity index (χ1) is 19.4. The van der Waals surface area contributed by atoms with Gasteiger partial charge in [0.25, 0.3) is 0 Å². The Morgan fingerprint density at radius 1 is 0.805 bits per heavy atom. The molecule has 0 amide bonds. The summed E-state index contributed by atoms with van der Waals surface area (Å²) in [6, 6.07) is 3.35. The van der Waals surface area contributed by atoms with E-state index in [0.29, 0.717) is 36.7 Å². The third-order valence-electron chi connectivity index (χ3n) is 5.76. The Labute approximate surface area is 243 Å². The molecule has 0 aliphatic carbocycles. The molecule has 0 fully saturated rings. The van der Waals surface area contributed by atoms with Crippen LogP contribution in [0.2, 0.25) is 0 Å². The monoisotopic (exact) mass is 581 g/mol. The second-order valence-corrected chi connectivity index (χ2v) is 10.7. The molecule has 0 bridgehead atoms. The summed E-state index contributed by atoms with van der Waals surface area (Å²) < 4.78 is 31.2. The van der Waals surface area contributed by atoms with Crippen LogP contribution in [0.25, 0.3) is 0 Å². The number of rotatable bonds is 18. The maximum absolute atomic E-state index is 12.5. The van der Waals surface area contributed by atoms with Gasteiger partial charge in [-0.3, -0.25) is 9.59 Å². The van der Waals surface area contributed by atoms with Gasteiger partial charge in [0.15, 0.2) is 11.5 Å². The predicted molar refractivity (Wildman–Crippen MR) is 152 cm³/mol. The molecule has 0 radical (unpaired) electrons. The summed E-state index contributed by atoms with van der Waals surface area (Å²) in [6.07, 6.45) is 1.81. The SMILES string of the molecule is CCCCCC(=O)O[C@@H](C)COC(=O)[C@@H](N)Cc1ccc(OC(=O)OCCC(C)C)c(OC(=O)OCCC(C)C)c1. The van der Waals surface area contributed by atoms with Crippen molar-refractivity contribution < 1.29 is 47.6 Å². The highest BCUT2D eigenvalue weighted by molar-refractivity contribution is 5.76. The highest BCUT2D eigenvalue weighted by Gasteiger charge is 2.21. The summed E-state index contributed by atoms with van der Waals surface area (Å²) >= 11 is 0. The average molecular weight is 582 g/mol. The normalized spacial score (nSPS) is 12.4. The first-order valence-corrected chi connectivity index (χ1v) is 14.3. The van der Waals surface area contributed by atoms with Gasteiger partial charge in [0.05, 0.1) is 13.2 Å². The minimum Gasteiger partial charge on any atom is -0.461 e. The van der Waals surface area contributed by atoms with Gasteiger partial charge in [-0.05, 0) is 62.1 Å². The molecule has 11 nitrogen and oxygen atoms in total. The molecular formula is C30H47NO10. The van der Waals surface area contributed by atoms with Crippen LogP contribution in [0.1, 0.15) is 85.6 Å². The number of carbonyl (C=O) groups is 4. The van der Waals surface area contributed by atoms with E-state index in [1.54, 1.807) is 13.0 Å². The smallest absolute Gasteiger partial charge is 0.461 e. The van der Waals surface area contributed by atoms with Crippen LogP contribution in [0, 0.1) is 11.8 Å². The van der Waals surface area contributed by atoms with Crippen LogP contribution in [0.4, 0.5) is 9.59 Å². The molecule has 0 aliphatic heterocycles. The summed E-state index contributed by atoms with van der Waals surface area (Å²) in [5.41, 5.74) is 6.55. The molecule has 0 heterocycles. The van der Waals surface area contributed by atoms with Crippen molar-refractivity contribution >= 4 is 24.2 Å². The van der Waals surface area contributed by atoms with E-state index in [1.165, 1.54) is 12.1 Å². The molecule has 232 valence electrons. The van der Waals surface area contributed by atoms with E-state index < -0.39 is 30.4 Å². The molecule has 0 spiro atoms. The van der Waals surface area contributed by atoms with Crippen LogP contribution in [0.5, 0.6) is 11.5 Å². The molecule has 0 unspecified atom stereocenters. The summed E-state index contributed by atoms with van der Waals surface area (Å²) in [5.74, 6) is -0.521. The molecule has 0 aliphatic rings. The summed E-state index contributed by atoms with van der Waals surface area (Å²) in [5, 5.41) is 0. The highest BCUT2D eigenvalue weighted by atomic mass is 16.7. The molecular weight excluding hydrogens is 534 g/mol. The van der Waals surface area contributed by atoms with Crippen molar-refractivity contribution in [2.75, 3.05) is 19.8 Å². The number of unbranched alkanes of at least 4 members (excludes halogenated alkanes) is 2.